The number of benzene rings is 2. The number of carbonyl (C=O) groups excluding carboxylic acids is 1. The van der Waals surface area contributed by atoms with Gasteiger partial charge in [-0.05, 0) is 42.5 Å². The van der Waals surface area contributed by atoms with Gasteiger partial charge in [-0.1, -0.05) is 18.2 Å². The number of aromatic nitrogens is 4. The Morgan fingerprint density at radius 3 is 2.56 bits per heavy atom. The first-order chi connectivity index (χ1) is 15.4. The molecule has 0 aliphatic carbocycles. The molecule has 0 saturated carbocycles. The Balaban J connectivity index is 1.46. The number of pyridine rings is 1. The van der Waals surface area contributed by atoms with E-state index < -0.39 is 11.7 Å². The Bertz CT molecular complexity index is 1230. The SMILES string of the molecule is O=C(NCc1cccnc1-n1cncn1)c1cccc(Oc2cccc(C(F)(F)F)c2)c1. The lowest BCUT2D eigenvalue weighted by Gasteiger charge is -2.12. The molecular weight excluding hydrogens is 423 g/mol. The number of rotatable bonds is 6. The summed E-state index contributed by atoms with van der Waals surface area (Å²) in [5.41, 5.74) is 0.201. The number of halogens is 3. The van der Waals surface area contributed by atoms with Crippen molar-refractivity contribution in [3.05, 3.63) is 96.2 Å². The van der Waals surface area contributed by atoms with E-state index in [4.69, 9.17) is 4.74 Å². The fourth-order valence-electron chi connectivity index (χ4n) is 2.94. The van der Waals surface area contributed by atoms with E-state index in [1.54, 1.807) is 36.5 Å². The molecule has 0 aliphatic rings. The number of nitrogens with one attached hydrogen (secondary N) is 1. The van der Waals surface area contributed by atoms with Crippen molar-refractivity contribution >= 4 is 5.91 Å². The number of alkyl halides is 3. The molecule has 0 saturated heterocycles. The van der Waals surface area contributed by atoms with Crippen molar-refractivity contribution in [2.75, 3.05) is 0 Å². The van der Waals surface area contributed by atoms with Crippen molar-refractivity contribution in [1.29, 1.82) is 0 Å². The van der Waals surface area contributed by atoms with Gasteiger partial charge in [0.25, 0.3) is 5.91 Å². The number of hydrogen-bond acceptors (Lipinski definition) is 5. The summed E-state index contributed by atoms with van der Waals surface area (Å²) in [6, 6.07) is 14.3. The molecule has 32 heavy (non-hydrogen) atoms. The van der Waals surface area contributed by atoms with Crippen LogP contribution in [0.3, 0.4) is 0 Å². The van der Waals surface area contributed by atoms with Gasteiger partial charge in [-0.15, -0.1) is 0 Å². The Hall–Kier alpha value is -4.21. The summed E-state index contributed by atoms with van der Waals surface area (Å²) in [6.07, 6.45) is 0.0185. The minimum absolute atomic E-state index is 0.0187. The van der Waals surface area contributed by atoms with Gasteiger partial charge in [0, 0.05) is 23.9 Å². The number of carbonyl (C=O) groups is 1. The predicted molar refractivity (Wildman–Crippen MR) is 108 cm³/mol. The average Bonchev–Trinajstić information content (AvgIpc) is 3.32. The van der Waals surface area contributed by atoms with Crippen molar-refractivity contribution in [3.63, 3.8) is 0 Å². The molecule has 2 aromatic carbocycles. The molecule has 4 rings (SSSR count). The summed E-state index contributed by atoms with van der Waals surface area (Å²) < 4.78 is 45.7. The van der Waals surface area contributed by atoms with E-state index in [1.807, 2.05) is 0 Å². The number of hydrogen-bond donors (Lipinski definition) is 1. The van der Waals surface area contributed by atoms with Crippen molar-refractivity contribution in [2.24, 2.45) is 0 Å². The average molecular weight is 439 g/mol. The summed E-state index contributed by atoms with van der Waals surface area (Å²) in [6.45, 7) is 0.181. The molecule has 4 aromatic rings. The topological polar surface area (TPSA) is 81.9 Å². The van der Waals surface area contributed by atoms with Crippen molar-refractivity contribution in [2.45, 2.75) is 12.7 Å². The van der Waals surface area contributed by atoms with E-state index in [0.717, 1.165) is 17.7 Å². The van der Waals surface area contributed by atoms with Gasteiger partial charge in [0.15, 0.2) is 5.82 Å². The largest absolute Gasteiger partial charge is 0.457 e. The molecular formula is C22H16F3N5O2. The van der Waals surface area contributed by atoms with Gasteiger partial charge in [0.05, 0.1) is 5.56 Å². The van der Waals surface area contributed by atoms with E-state index in [2.05, 4.69) is 20.4 Å². The van der Waals surface area contributed by atoms with Crippen LogP contribution in [0.1, 0.15) is 21.5 Å². The molecule has 0 aliphatic heterocycles. The first-order valence-electron chi connectivity index (χ1n) is 9.42. The summed E-state index contributed by atoms with van der Waals surface area (Å²) in [5, 5.41) is 6.84. The molecule has 162 valence electrons. The smallest absolute Gasteiger partial charge is 0.416 e. The van der Waals surface area contributed by atoms with E-state index in [1.165, 1.54) is 35.5 Å². The highest BCUT2D eigenvalue weighted by atomic mass is 19.4. The van der Waals surface area contributed by atoms with Gasteiger partial charge < -0.3 is 10.1 Å². The third-order valence-electron chi connectivity index (χ3n) is 4.44. The van der Waals surface area contributed by atoms with Gasteiger partial charge in [-0.25, -0.2) is 14.6 Å². The Morgan fingerprint density at radius 1 is 1.03 bits per heavy atom. The standard InChI is InChI=1S/C22H16F3N5O2/c23-22(24,25)17-6-2-8-19(11-17)32-18-7-1-4-15(10-18)21(31)28-12-16-5-3-9-27-20(16)30-14-26-13-29-30/h1-11,13-14H,12H2,(H,28,31). The highest BCUT2D eigenvalue weighted by Gasteiger charge is 2.30. The molecule has 1 amide bonds. The van der Waals surface area contributed by atoms with Crippen LogP contribution in [0.15, 0.2) is 79.5 Å². The zero-order chi connectivity index (χ0) is 22.6. The maximum Gasteiger partial charge on any atom is 0.416 e. The van der Waals surface area contributed by atoms with Crippen LogP contribution < -0.4 is 10.1 Å². The Labute approximate surface area is 180 Å². The van der Waals surface area contributed by atoms with E-state index in [-0.39, 0.29) is 24.0 Å². The van der Waals surface area contributed by atoms with E-state index >= 15 is 0 Å². The van der Waals surface area contributed by atoms with Crippen LogP contribution >= 0.6 is 0 Å². The Kier molecular flexibility index (Phi) is 5.84. The van der Waals surface area contributed by atoms with E-state index in [9.17, 15) is 18.0 Å². The lowest BCUT2D eigenvalue weighted by molar-refractivity contribution is -0.137. The number of ether oxygens (including phenoxy) is 1. The quantitative estimate of drug-likeness (QED) is 0.482. The number of nitrogens with zero attached hydrogens (tertiary/aromatic N) is 4. The molecule has 10 heteroatoms. The fourth-order valence-corrected chi connectivity index (χ4v) is 2.94. The van der Waals surface area contributed by atoms with Crippen LogP contribution in [0.25, 0.3) is 5.82 Å². The zero-order valence-electron chi connectivity index (χ0n) is 16.5. The second-order valence-corrected chi connectivity index (χ2v) is 6.66. The molecule has 0 spiro atoms. The van der Waals surface area contributed by atoms with Crippen LogP contribution in [-0.4, -0.2) is 25.7 Å². The van der Waals surface area contributed by atoms with Gasteiger partial charge in [0.2, 0.25) is 0 Å². The molecule has 0 bridgehead atoms. The van der Waals surface area contributed by atoms with Gasteiger partial charge in [-0.2, -0.15) is 18.3 Å². The number of amides is 1. The zero-order valence-corrected chi connectivity index (χ0v) is 16.5. The molecule has 2 heterocycles. The summed E-state index contributed by atoms with van der Waals surface area (Å²) in [5.74, 6) is 0.409. The molecule has 7 nitrogen and oxygen atoms in total. The van der Waals surface area contributed by atoms with Crippen LogP contribution in [0.5, 0.6) is 11.5 Å². The lowest BCUT2D eigenvalue weighted by Crippen LogP contribution is -2.23. The normalized spacial score (nSPS) is 11.2. The minimum Gasteiger partial charge on any atom is -0.457 e. The summed E-state index contributed by atoms with van der Waals surface area (Å²) in [7, 11) is 0. The van der Waals surface area contributed by atoms with E-state index in [0.29, 0.717) is 11.4 Å². The third-order valence-corrected chi connectivity index (χ3v) is 4.44. The third kappa shape index (κ3) is 4.91. The van der Waals surface area contributed by atoms with Crippen LogP contribution in [0.4, 0.5) is 13.2 Å². The molecule has 0 fully saturated rings. The van der Waals surface area contributed by atoms with Gasteiger partial charge in [-0.3, -0.25) is 4.79 Å². The lowest BCUT2D eigenvalue weighted by atomic mass is 10.2. The first kappa shape index (κ1) is 21.0. The summed E-state index contributed by atoms with van der Waals surface area (Å²) >= 11 is 0. The summed E-state index contributed by atoms with van der Waals surface area (Å²) in [4.78, 5) is 20.8. The maximum absolute atomic E-state index is 12.9. The highest BCUT2D eigenvalue weighted by molar-refractivity contribution is 5.94. The molecule has 0 unspecified atom stereocenters. The molecule has 1 N–H and O–H groups in total. The predicted octanol–water partition coefficient (Wildman–Crippen LogP) is 4.40. The minimum atomic E-state index is -4.47. The fraction of sp³-hybridized carbons (Fsp3) is 0.0909. The second kappa shape index (κ2) is 8.88. The Morgan fingerprint density at radius 2 is 1.81 bits per heavy atom. The van der Waals surface area contributed by atoms with Crippen molar-refractivity contribution in [3.8, 4) is 17.3 Å². The molecule has 0 radical (unpaired) electrons. The first-order valence-corrected chi connectivity index (χ1v) is 9.42. The van der Waals surface area contributed by atoms with Crippen LogP contribution in [-0.2, 0) is 12.7 Å². The second-order valence-electron chi connectivity index (χ2n) is 6.66. The maximum atomic E-state index is 12.9. The van der Waals surface area contributed by atoms with Gasteiger partial charge >= 0.3 is 6.18 Å². The van der Waals surface area contributed by atoms with Crippen LogP contribution in [0, 0.1) is 0 Å². The monoisotopic (exact) mass is 439 g/mol. The van der Waals surface area contributed by atoms with Crippen molar-refractivity contribution in [1.82, 2.24) is 25.1 Å². The molecule has 2 aromatic heterocycles. The van der Waals surface area contributed by atoms with Gasteiger partial charge in [0.1, 0.15) is 24.2 Å². The van der Waals surface area contributed by atoms with Crippen LogP contribution in [0.2, 0.25) is 0 Å². The van der Waals surface area contributed by atoms with Crippen molar-refractivity contribution < 1.29 is 22.7 Å². The molecule has 0 atom stereocenters. The highest BCUT2D eigenvalue weighted by Crippen LogP contribution is 2.32.